The van der Waals surface area contributed by atoms with Crippen molar-refractivity contribution in [3.05, 3.63) is 34.0 Å². The minimum Gasteiger partial charge on any atom is -0.456 e. The van der Waals surface area contributed by atoms with Gasteiger partial charge in [0.05, 0.1) is 0 Å². The first-order valence-electron chi connectivity index (χ1n) is 4.61. The first-order chi connectivity index (χ1) is 7.72. The lowest BCUT2D eigenvalue weighted by atomic mass is 10.5. The van der Waals surface area contributed by atoms with E-state index in [2.05, 4.69) is 20.9 Å². The lowest BCUT2D eigenvalue weighted by Crippen LogP contribution is -2.01. The molecule has 0 amide bonds. The third-order valence-corrected chi connectivity index (χ3v) is 3.52. The van der Waals surface area contributed by atoms with E-state index in [1.807, 2.05) is 16.0 Å². The molecule has 0 aliphatic rings. The van der Waals surface area contributed by atoms with Crippen LogP contribution in [-0.2, 0) is 16.1 Å². The third kappa shape index (κ3) is 2.17. The van der Waals surface area contributed by atoms with Crippen LogP contribution in [0.5, 0.6) is 0 Å². The number of esters is 1. The van der Waals surface area contributed by atoms with Gasteiger partial charge in [0.1, 0.15) is 16.9 Å². The highest BCUT2D eigenvalue weighted by molar-refractivity contribution is 9.10. The fraction of sp³-hybridized carbons (Fsp3) is 0.200. The van der Waals surface area contributed by atoms with Crippen LogP contribution in [0.2, 0.25) is 0 Å². The smallest absolute Gasteiger partial charge is 0.330 e. The zero-order valence-electron chi connectivity index (χ0n) is 8.51. The van der Waals surface area contributed by atoms with Crippen molar-refractivity contribution in [3.8, 4) is 0 Å². The van der Waals surface area contributed by atoms with Gasteiger partial charge in [0.2, 0.25) is 0 Å². The molecule has 2 rings (SSSR count). The first-order valence-corrected chi connectivity index (χ1v) is 6.29. The maximum atomic E-state index is 11.1. The normalized spacial score (nSPS) is 11.4. The molecule has 16 heavy (non-hydrogen) atoms. The van der Waals surface area contributed by atoms with E-state index in [-0.39, 0.29) is 12.6 Å². The standard InChI is InChI=1S/C10H9BrN2O2S/c1-2-3-8(14)15-6-7-9(11)13-4-5-16-10(13)12-7/h2-5H,6H2,1H3. The second kappa shape index (κ2) is 4.80. The molecule has 0 bridgehead atoms. The van der Waals surface area contributed by atoms with Gasteiger partial charge in [-0.3, -0.25) is 4.40 Å². The Labute approximate surface area is 105 Å². The van der Waals surface area contributed by atoms with E-state index in [4.69, 9.17) is 4.74 Å². The number of ether oxygens (including phenoxy) is 1. The molecule has 0 radical (unpaired) electrons. The highest BCUT2D eigenvalue weighted by Crippen LogP contribution is 2.22. The molecule has 2 heterocycles. The van der Waals surface area contributed by atoms with Crippen LogP contribution >= 0.6 is 27.3 Å². The van der Waals surface area contributed by atoms with Gasteiger partial charge in [-0.05, 0) is 22.9 Å². The number of hydrogen-bond donors (Lipinski definition) is 0. The fourth-order valence-corrected chi connectivity index (χ4v) is 2.56. The van der Waals surface area contributed by atoms with Crippen molar-refractivity contribution in [1.29, 1.82) is 0 Å². The number of aromatic nitrogens is 2. The quantitative estimate of drug-likeness (QED) is 0.647. The van der Waals surface area contributed by atoms with Crippen molar-refractivity contribution in [3.63, 3.8) is 0 Å². The summed E-state index contributed by atoms with van der Waals surface area (Å²) in [6, 6.07) is 0. The minimum atomic E-state index is -0.356. The number of carbonyl (C=O) groups excluding carboxylic acids is 1. The van der Waals surface area contributed by atoms with Gasteiger partial charge in [-0.1, -0.05) is 6.08 Å². The van der Waals surface area contributed by atoms with Gasteiger partial charge in [0, 0.05) is 17.7 Å². The molecule has 0 aromatic carbocycles. The van der Waals surface area contributed by atoms with Crippen molar-refractivity contribution in [2.75, 3.05) is 0 Å². The molecule has 0 aliphatic carbocycles. The van der Waals surface area contributed by atoms with E-state index >= 15 is 0 Å². The number of hydrogen-bond acceptors (Lipinski definition) is 4. The van der Waals surface area contributed by atoms with Crippen LogP contribution in [0.15, 0.2) is 28.3 Å². The number of allylic oxidation sites excluding steroid dienone is 1. The molecule has 0 spiro atoms. The first kappa shape index (κ1) is 11.3. The van der Waals surface area contributed by atoms with Crippen LogP contribution < -0.4 is 0 Å². The highest BCUT2D eigenvalue weighted by Gasteiger charge is 2.11. The second-order valence-corrected chi connectivity index (χ2v) is 4.64. The zero-order chi connectivity index (χ0) is 11.5. The minimum absolute atomic E-state index is 0.179. The predicted octanol–water partition coefficient (Wildman–Crippen LogP) is 2.78. The van der Waals surface area contributed by atoms with E-state index in [1.54, 1.807) is 13.0 Å². The summed E-state index contributed by atoms with van der Waals surface area (Å²) in [6.07, 6.45) is 4.93. The summed E-state index contributed by atoms with van der Waals surface area (Å²) >= 11 is 4.95. The molecule has 6 heteroatoms. The molecule has 84 valence electrons. The predicted molar refractivity (Wildman–Crippen MR) is 65.4 cm³/mol. The molecular formula is C10H9BrN2O2S. The van der Waals surface area contributed by atoms with Crippen LogP contribution in [0.1, 0.15) is 12.6 Å². The van der Waals surface area contributed by atoms with E-state index in [9.17, 15) is 4.79 Å². The lowest BCUT2D eigenvalue weighted by molar-refractivity contribution is -0.139. The van der Waals surface area contributed by atoms with Crippen molar-refractivity contribution in [1.82, 2.24) is 9.38 Å². The average Bonchev–Trinajstić information content (AvgIpc) is 2.80. The van der Waals surface area contributed by atoms with Crippen LogP contribution in [0.25, 0.3) is 4.96 Å². The van der Waals surface area contributed by atoms with Crippen molar-refractivity contribution < 1.29 is 9.53 Å². The molecule has 2 aromatic heterocycles. The number of fused-ring (bicyclic) bond motifs is 1. The molecule has 0 N–H and O–H groups in total. The number of thiazole rings is 1. The summed E-state index contributed by atoms with van der Waals surface area (Å²) in [5.41, 5.74) is 0.727. The van der Waals surface area contributed by atoms with Crippen LogP contribution in [0.4, 0.5) is 0 Å². The molecule has 0 saturated heterocycles. The van der Waals surface area contributed by atoms with Crippen molar-refractivity contribution >= 4 is 38.2 Å². The average molecular weight is 301 g/mol. The summed E-state index contributed by atoms with van der Waals surface area (Å²) in [5, 5.41) is 1.95. The van der Waals surface area contributed by atoms with Gasteiger partial charge in [0.15, 0.2) is 4.96 Å². The Balaban J connectivity index is 2.12. The summed E-state index contributed by atoms with van der Waals surface area (Å²) in [5.74, 6) is -0.356. The van der Waals surface area contributed by atoms with Gasteiger partial charge in [-0.25, -0.2) is 9.78 Å². The van der Waals surface area contributed by atoms with Crippen molar-refractivity contribution in [2.45, 2.75) is 13.5 Å². The number of halogens is 1. The van der Waals surface area contributed by atoms with E-state index in [1.165, 1.54) is 17.4 Å². The van der Waals surface area contributed by atoms with Crippen LogP contribution in [0, 0.1) is 0 Å². The van der Waals surface area contributed by atoms with Gasteiger partial charge >= 0.3 is 5.97 Å². The van der Waals surface area contributed by atoms with Gasteiger partial charge in [-0.2, -0.15) is 0 Å². The Kier molecular flexibility index (Phi) is 3.40. The maximum Gasteiger partial charge on any atom is 0.330 e. The van der Waals surface area contributed by atoms with Gasteiger partial charge < -0.3 is 4.74 Å². The molecule has 4 nitrogen and oxygen atoms in total. The molecule has 0 fully saturated rings. The molecule has 0 atom stereocenters. The van der Waals surface area contributed by atoms with Gasteiger partial charge in [-0.15, -0.1) is 11.3 Å². The summed E-state index contributed by atoms with van der Waals surface area (Å²) in [6.45, 7) is 1.95. The van der Waals surface area contributed by atoms with Crippen LogP contribution in [-0.4, -0.2) is 15.4 Å². The Morgan fingerprint density at radius 1 is 1.75 bits per heavy atom. The highest BCUT2D eigenvalue weighted by atomic mass is 79.9. The summed E-state index contributed by atoms with van der Waals surface area (Å²) < 4.78 is 7.76. The van der Waals surface area contributed by atoms with E-state index in [0.29, 0.717) is 0 Å². The zero-order valence-corrected chi connectivity index (χ0v) is 10.9. The summed E-state index contributed by atoms with van der Waals surface area (Å²) in [4.78, 5) is 16.3. The monoisotopic (exact) mass is 300 g/mol. The molecule has 0 aliphatic heterocycles. The van der Waals surface area contributed by atoms with Crippen LogP contribution in [0.3, 0.4) is 0 Å². The largest absolute Gasteiger partial charge is 0.456 e. The number of rotatable bonds is 3. The third-order valence-electron chi connectivity index (χ3n) is 1.92. The fourth-order valence-electron chi connectivity index (χ4n) is 1.22. The number of carbonyl (C=O) groups is 1. The SMILES string of the molecule is CC=CC(=O)OCc1nc2sccn2c1Br. The van der Waals surface area contributed by atoms with E-state index < -0.39 is 0 Å². The van der Waals surface area contributed by atoms with Crippen molar-refractivity contribution in [2.24, 2.45) is 0 Å². The van der Waals surface area contributed by atoms with E-state index in [0.717, 1.165) is 15.3 Å². The Bertz CT molecular complexity index is 544. The lowest BCUT2D eigenvalue weighted by Gasteiger charge is -1.98. The molecule has 0 unspecified atom stereocenters. The Morgan fingerprint density at radius 3 is 3.25 bits per heavy atom. The Morgan fingerprint density at radius 2 is 2.56 bits per heavy atom. The number of imidazole rings is 1. The summed E-state index contributed by atoms with van der Waals surface area (Å²) in [7, 11) is 0. The maximum absolute atomic E-state index is 11.1. The van der Waals surface area contributed by atoms with Gasteiger partial charge in [0.25, 0.3) is 0 Å². The second-order valence-electron chi connectivity index (χ2n) is 3.01. The Hall–Kier alpha value is -1.14. The molecule has 0 saturated carbocycles. The number of nitrogens with zero attached hydrogens (tertiary/aromatic N) is 2. The molecular weight excluding hydrogens is 292 g/mol. The topological polar surface area (TPSA) is 43.6 Å². The molecule has 2 aromatic rings.